The number of hydrogen-bond acceptors (Lipinski definition) is 3. The number of unbranched alkanes of at least 4 members (excludes halogenated alkanes) is 3. The Balaban J connectivity index is 2.33. The first-order chi connectivity index (χ1) is 10.0. The molecule has 4 nitrogen and oxygen atoms in total. The second-order valence-corrected chi connectivity index (χ2v) is 5.21. The number of nitrogens with one attached hydrogen (secondary N) is 1. The molecule has 0 bridgehead atoms. The summed E-state index contributed by atoms with van der Waals surface area (Å²) < 4.78 is 0. The lowest BCUT2D eigenvalue weighted by Crippen LogP contribution is -2.24. The zero-order valence-electron chi connectivity index (χ0n) is 12.9. The second-order valence-electron chi connectivity index (χ2n) is 5.21. The van der Waals surface area contributed by atoms with Gasteiger partial charge in [-0.2, -0.15) is 0 Å². The van der Waals surface area contributed by atoms with Gasteiger partial charge >= 0.3 is 0 Å². The third kappa shape index (κ3) is 6.43. The van der Waals surface area contributed by atoms with Crippen molar-refractivity contribution in [3.8, 4) is 0 Å². The lowest BCUT2D eigenvalue weighted by Gasteiger charge is -2.07. The molecule has 0 heterocycles. The van der Waals surface area contributed by atoms with Crippen molar-refractivity contribution in [2.75, 3.05) is 12.3 Å². The minimum atomic E-state index is -0.0422. The molecule has 1 rings (SSSR count). The molecule has 0 aliphatic heterocycles. The van der Waals surface area contributed by atoms with Crippen LogP contribution in [0.4, 0.5) is 5.69 Å². The molecule has 1 aromatic rings. The molecule has 1 aromatic carbocycles. The Kier molecular flexibility index (Phi) is 7.51. The topological polar surface area (TPSA) is 72.2 Å². The van der Waals surface area contributed by atoms with Crippen molar-refractivity contribution in [2.24, 2.45) is 0 Å². The molecule has 3 N–H and O–H groups in total. The van der Waals surface area contributed by atoms with E-state index in [1.165, 1.54) is 13.3 Å². The first kappa shape index (κ1) is 17.2. The van der Waals surface area contributed by atoms with Gasteiger partial charge < -0.3 is 11.1 Å². The first-order valence-electron chi connectivity index (χ1n) is 7.52. The summed E-state index contributed by atoms with van der Waals surface area (Å²) in [4.78, 5) is 23.0. The van der Waals surface area contributed by atoms with Crippen LogP contribution in [-0.4, -0.2) is 18.2 Å². The number of amides is 1. The van der Waals surface area contributed by atoms with Crippen LogP contribution in [0.3, 0.4) is 0 Å². The van der Waals surface area contributed by atoms with Crippen molar-refractivity contribution in [3.05, 3.63) is 35.7 Å². The molecule has 115 valence electrons. The number of aryl methyl sites for hydroxylation is 1. The van der Waals surface area contributed by atoms with E-state index in [9.17, 15) is 9.59 Å². The summed E-state index contributed by atoms with van der Waals surface area (Å²) in [6.45, 7) is 4.27. The number of ketones is 1. The molecule has 0 unspecified atom stereocenters. The normalized spacial score (nSPS) is 10.4. The zero-order valence-corrected chi connectivity index (χ0v) is 12.9. The maximum absolute atomic E-state index is 11.7. The highest BCUT2D eigenvalue weighted by Gasteiger charge is 2.07. The summed E-state index contributed by atoms with van der Waals surface area (Å²) in [5, 5.41) is 2.88. The fraction of sp³-hybridized carbons (Fsp3) is 0.471. The van der Waals surface area contributed by atoms with Crippen molar-refractivity contribution in [1.29, 1.82) is 0 Å². The number of nitrogens with two attached hydrogens (primary N) is 1. The van der Waals surface area contributed by atoms with Crippen LogP contribution in [0, 0.1) is 6.42 Å². The highest BCUT2D eigenvalue weighted by Crippen LogP contribution is 2.16. The highest BCUT2D eigenvalue weighted by atomic mass is 16.1. The number of nitrogen functional groups attached to an aromatic ring is 1. The Hall–Kier alpha value is -1.84. The quantitative estimate of drug-likeness (QED) is 0.417. The third-order valence-corrected chi connectivity index (χ3v) is 3.34. The van der Waals surface area contributed by atoms with Gasteiger partial charge in [0, 0.05) is 24.2 Å². The summed E-state index contributed by atoms with van der Waals surface area (Å²) in [5.41, 5.74) is 7.82. The van der Waals surface area contributed by atoms with Crippen LogP contribution < -0.4 is 11.1 Å². The van der Waals surface area contributed by atoms with Crippen molar-refractivity contribution >= 4 is 17.4 Å². The molecule has 21 heavy (non-hydrogen) atoms. The monoisotopic (exact) mass is 289 g/mol. The largest absolute Gasteiger partial charge is 0.398 e. The average molecular weight is 289 g/mol. The molecule has 0 aromatic heterocycles. The van der Waals surface area contributed by atoms with Gasteiger partial charge in [-0.15, -0.1) is 0 Å². The van der Waals surface area contributed by atoms with Crippen molar-refractivity contribution in [1.82, 2.24) is 5.32 Å². The number of anilines is 1. The molecule has 0 atom stereocenters. The fourth-order valence-electron chi connectivity index (χ4n) is 2.07. The minimum Gasteiger partial charge on any atom is -0.398 e. The predicted octanol–water partition coefficient (Wildman–Crippen LogP) is 2.91. The van der Waals surface area contributed by atoms with Crippen molar-refractivity contribution in [3.63, 3.8) is 0 Å². The van der Waals surface area contributed by atoms with Gasteiger partial charge in [0.2, 0.25) is 5.91 Å². The van der Waals surface area contributed by atoms with Gasteiger partial charge in [-0.1, -0.05) is 25.8 Å². The predicted molar refractivity (Wildman–Crippen MR) is 86.0 cm³/mol. The standard InChI is InChI=1S/C17H25N2O2/c1-3-4-5-6-11-19-17(21)10-8-14-7-9-15(13(2)20)16(18)12-14/h6-7,9,12H,3-5,8,10-11,18H2,1-2H3,(H,19,21). The van der Waals surface area contributed by atoms with E-state index in [-0.39, 0.29) is 11.7 Å². The minimum absolute atomic E-state index is 0.0389. The molecule has 0 saturated heterocycles. The van der Waals surface area contributed by atoms with E-state index in [2.05, 4.69) is 18.7 Å². The molecule has 0 fully saturated rings. The molecule has 4 heteroatoms. The maximum atomic E-state index is 11.7. The smallest absolute Gasteiger partial charge is 0.220 e. The van der Waals surface area contributed by atoms with Gasteiger partial charge in [-0.05, 0) is 43.9 Å². The molecule has 1 radical (unpaired) electrons. The Morgan fingerprint density at radius 3 is 2.71 bits per heavy atom. The molecular weight excluding hydrogens is 264 g/mol. The lowest BCUT2D eigenvalue weighted by molar-refractivity contribution is -0.120. The van der Waals surface area contributed by atoms with Gasteiger partial charge in [-0.3, -0.25) is 9.59 Å². The van der Waals surface area contributed by atoms with E-state index in [0.29, 0.717) is 30.6 Å². The number of hydrogen-bond donors (Lipinski definition) is 2. The van der Waals surface area contributed by atoms with Crippen LogP contribution in [0.2, 0.25) is 0 Å². The van der Waals surface area contributed by atoms with Crippen LogP contribution in [0.15, 0.2) is 18.2 Å². The third-order valence-electron chi connectivity index (χ3n) is 3.34. The van der Waals surface area contributed by atoms with Crippen LogP contribution in [0.25, 0.3) is 0 Å². The molecule has 0 spiro atoms. The van der Waals surface area contributed by atoms with E-state index < -0.39 is 0 Å². The molecular formula is C17H25N2O2. The number of carbonyl (C=O) groups is 2. The van der Waals surface area contributed by atoms with E-state index in [1.54, 1.807) is 12.1 Å². The van der Waals surface area contributed by atoms with E-state index in [1.807, 2.05) is 6.07 Å². The lowest BCUT2D eigenvalue weighted by atomic mass is 10.0. The SMILES string of the molecule is CCCC[CH]CNC(=O)CCc1ccc(C(C)=O)c(N)c1. The summed E-state index contributed by atoms with van der Waals surface area (Å²) in [5.74, 6) is -0.00336. The Labute approximate surface area is 127 Å². The van der Waals surface area contributed by atoms with Gasteiger partial charge in [0.15, 0.2) is 5.78 Å². The molecule has 1 amide bonds. The maximum Gasteiger partial charge on any atom is 0.220 e. The van der Waals surface area contributed by atoms with Crippen molar-refractivity contribution < 1.29 is 9.59 Å². The molecule has 0 aliphatic carbocycles. The van der Waals surface area contributed by atoms with Gasteiger partial charge in [0.25, 0.3) is 0 Å². The van der Waals surface area contributed by atoms with E-state index in [0.717, 1.165) is 18.4 Å². The van der Waals surface area contributed by atoms with Gasteiger partial charge in [0.1, 0.15) is 0 Å². The summed E-state index contributed by atoms with van der Waals surface area (Å²) in [7, 11) is 0. The Morgan fingerprint density at radius 2 is 2.10 bits per heavy atom. The average Bonchev–Trinajstić information content (AvgIpc) is 2.44. The fourth-order valence-corrected chi connectivity index (χ4v) is 2.07. The van der Waals surface area contributed by atoms with Crippen molar-refractivity contribution in [2.45, 2.75) is 46.0 Å². The van der Waals surface area contributed by atoms with E-state index >= 15 is 0 Å². The van der Waals surface area contributed by atoms with Crippen LogP contribution >= 0.6 is 0 Å². The van der Waals surface area contributed by atoms with E-state index in [4.69, 9.17) is 5.73 Å². The second kappa shape index (κ2) is 9.16. The highest BCUT2D eigenvalue weighted by molar-refractivity contribution is 5.99. The Morgan fingerprint density at radius 1 is 1.33 bits per heavy atom. The zero-order chi connectivity index (χ0) is 15.7. The summed E-state index contributed by atoms with van der Waals surface area (Å²) >= 11 is 0. The number of Topliss-reactive ketones (excluding diaryl/α,β-unsaturated/α-hetero) is 1. The summed E-state index contributed by atoms with van der Waals surface area (Å²) in [6, 6.07) is 5.36. The van der Waals surface area contributed by atoms with Gasteiger partial charge in [0.05, 0.1) is 0 Å². The van der Waals surface area contributed by atoms with Crippen LogP contribution in [-0.2, 0) is 11.2 Å². The Bertz CT molecular complexity index is 484. The molecule has 0 aliphatic rings. The van der Waals surface area contributed by atoms with Crippen LogP contribution in [0.5, 0.6) is 0 Å². The number of benzene rings is 1. The number of rotatable bonds is 9. The summed E-state index contributed by atoms with van der Waals surface area (Å²) in [6.07, 6.45) is 6.53. The first-order valence-corrected chi connectivity index (χ1v) is 7.52. The van der Waals surface area contributed by atoms with Crippen LogP contribution in [0.1, 0.15) is 55.5 Å². The number of carbonyl (C=O) groups excluding carboxylic acids is 2. The molecule has 0 saturated carbocycles. The van der Waals surface area contributed by atoms with Gasteiger partial charge in [-0.25, -0.2) is 0 Å².